The molecule has 0 amide bonds. The van der Waals surface area contributed by atoms with Crippen molar-refractivity contribution in [2.24, 2.45) is 5.92 Å². The Morgan fingerprint density at radius 3 is 2.95 bits per heavy atom. The Balaban J connectivity index is 2.08. The highest BCUT2D eigenvalue weighted by atomic mass is 35.5. The number of nitrogens with one attached hydrogen (secondary N) is 1. The van der Waals surface area contributed by atoms with Crippen molar-refractivity contribution in [1.29, 1.82) is 0 Å². The summed E-state index contributed by atoms with van der Waals surface area (Å²) >= 11 is 5.84. The van der Waals surface area contributed by atoms with E-state index in [1.807, 2.05) is 13.1 Å². The molecule has 3 atom stereocenters. The van der Waals surface area contributed by atoms with E-state index in [9.17, 15) is 4.39 Å². The molecule has 1 fully saturated rings. The van der Waals surface area contributed by atoms with Gasteiger partial charge in [0.15, 0.2) is 0 Å². The Bertz CT molecular complexity index is 427. The third kappa shape index (κ3) is 3.47. The van der Waals surface area contributed by atoms with Gasteiger partial charge in [0, 0.05) is 18.6 Å². The topological polar surface area (TPSA) is 21.3 Å². The van der Waals surface area contributed by atoms with Crippen LogP contribution in [0.2, 0.25) is 5.02 Å². The molecule has 106 valence electrons. The zero-order valence-electron chi connectivity index (χ0n) is 11.5. The molecule has 0 bridgehead atoms. The van der Waals surface area contributed by atoms with Gasteiger partial charge < -0.3 is 10.1 Å². The minimum Gasteiger partial charge on any atom is -0.378 e. The normalized spacial score (nSPS) is 24.6. The molecule has 1 N–H and O–H groups in total. The molecule has 1 aliphatic rings. The number of hydrogen-bond acceptors (Lipinski definition) is 2. The van der Waals surface area contributed by atoms with Crippen molar-refractivity contribution in [3.63, 3.8) is 0 Å². The predicted octanol–water partition coefficient (Wildman–Crippen LogP) is 3.42. The SMILES string of the molecule is CCC1OCCC1C(Cc1ccc(F)c(Cl)c1)NC. The lowest BCUT2D eigenvalue weighted by Gasteiger charge is -2.27. The van der Waals surface area contributed by atoms with Crippen molar-refractivity contribution in [3.05, 3.63) is 34.6 Å². The van der Waals surface area contributed by atoms with Crippen LogP contribution in [0.3, 0.4) is 0 Å². The lowest BCUT2D eigenvalue weighted by molar-refractivity contribution is 0.0783. The summed E-state index contributed by atoms with van der Waals surface area (Å²) in [7, 11) is 1.97. The Morgan fingerprint density at radius 1 is 1.53 bits per heavy atom. The first-order valence-corrected chi connectivity index (χ1v) is 7.26. The Labute approximate surface area is 119 Å². The smallest absolute Gasteiger partial charge is 0.141 e. The van der Waals surface area contributed by atoms with Crippen molar-refractivity contribution in [3.8, 4) is 0 Å². The minimum atomic E-state index is -0.359. The zero-order valence-corrected chi connectivity index (χ0v) is 12.2. The van der Waals surface area contributed by atoms with Crippen molar-refractivity contribution >= 4 is 11.6 Å². The fourth-order valence-corrected chi connectivity index (χ4v) is 3.14. The summed E-state index contributed by atoms with van der Waals surface area (Å²) in [6.45, 7) is 3.00. The molecule has 3 unspecified atom stereocenters. The van der Waals surface area contributed by atoms with Crippen LogP contribution in [0.5, 0.6) is 0 Å². The van der Waals surface area contributed by atoms with E-state index < -0.39 is 0 Å². The van der Waals surface area contributed by atoms with Gasteiger partial charge >= 0.3 is 0 Å². The fraction of sp³-hybridized carbons (Fsp3) is 0.600. The van der Waals surface area contributed by atoms with Crippen LogP contribution in [0.4, 0.5) is 4.39 Å². The highest BCUT2D eigenvalue weighted by molar-refractivity contribution is 6.30. The third-order valence-electron chi connectivity index (χ3n) is 3.99. The van der Waals surface area contributed by atoms with Gasteiger partial charge in [-0.25, -0.2) is 4.39 Å². The monoisotopic (exact) mass is 285 g/mol. The highest BCUT2D eigenvalue weighted by Crippen LogP contribution is 2.28. The van der Waals surface area contributed by atoms with E-state index in [1.165, 1.54) is 6.07 Å². The molecule has 1 saturated heterocycles. The van der Waals surface area contributed by atoms with Crippen molar-refractivity contribution in [2.75, 3.05) is 13.7 Å². The summed E-state index contributed by atoms with van der Waals surface area (Å²) in [5.74, 6) is 0.154. The maximum atomic E-state index is 13.2. The minimum absolute atomic E-state index is 0.196. The molecule has 0 spiro atoms. The summed E-state index contributed by atoms with van der Waals surface area (Å²) in [5.41, 5.74) is 1.06. The van der Waals surface area contributed by atoms with Gasteiger partial charge in [-0.15, -0.1) is 0 Å². The Hall–Kier alpha value is -0.640. The molecular formula is C15H21ClFNO. The largest absolute Gasteiger partial charge is 0.378 e. The van der Waals surface area contributed by atoms with E-state index in [-0.39, 0.29) is 10.8 Å². The molecule has 1 heterocycles. The second-order valence-corrected chi connectivity index (χ2v) is 5.52. The number of benzene rings is 1. The molecule has 4 heteroatoms. The molecular weight excluding hydrogens is 265 g/mol. The number of hydrogen-bond donors (Lipinski definition) is 1. The van der Waals surface area contributed by atoms with Crippen LogP contribution in [0, 0.1) is 11.7 Å². The van der Waals surface area contributed by atoms with Crippen LogP contribution >= 0.6 is 11.6 Å². The van der Waals surface area contributed by atoms with Gasteiger partial charge in [0.1, 0.15) is 5.82 Å². The van der Waals surface area contributed by atoms with E-state index in [1.54, 1.807) is 6.07 Å². The van der Waals surface area contributed by atoms with Crippen molar-refractivity contribution in [1.82, 2.24) is 5.32 Å². The third-order valence-corrected chi connectivity index (χ3v) is 4.28. The van der Waals surface area contributed by atoms with E-state index in [4.69, 9.17) is 16.3 Å². The van der Waals surface area contributed by atoms with Gasteiger partial charge in [0.05, 0.1) is 11.1 Å². The van der Waals surface area contributed by atoms with Crippen LogP contribution in [-0.4, -0.2) is 25.8 Å². The van der Waals surface area contributed by atoms with Gasteiger partial charge in [-0.2, -0.15) is 0 Å². The van der Waals surface area contributed by atoms with E-state index in [0.717, 1.165) is 31.4 Å². The first-order valence-electron chi connectivity index (χ1n) is 6.88. The molecule has 0 saturated carbocycles. The van der Waals surface area contributed by atoms with E-state index in [0.29, 0.717) is 18.1 Å². The number of halogens is 2. The second kappa shape index (κ2) is 6.69. The number of ether oxygens (including phenoxy) is 1. The van der Waals surface area contributed by atoms with Gasteiger partial charge in [0.2, 0.25) is 0 Å². The second-order valence-electron chi connectivity index (χ2n) is 5.12. The summed E-state index contributed by atoms with van der Waals surface area (Å²) in [4.78, 5) is 0. The van der Waals surface area contributed by atoms with Crippen LogP contribution in [-0.2, 0) is 11.2 Å². The number of likely N-dealkylation sites (N-methyl/N-ethyl adjacent to an activating group) is 1. The Kier molecular flexibility index (Phi) is 5.20. The van der Waals surface area contributed by atoms with Crippen LogP contribution in [0.15, 0.2) is 18.2 Å². The summed E-state index contributed by atoms with van der Waals surface area (Å²) in [6.07, 6.45) is 3.29. The molecule has 1 aliphatic heterocycles. The predicted molar refractivity (Wildman–Crippen MR) is 76.1 cm³/mol. The Morgan fingerprint density at radius 2 is 2.32 bits per heavy atom. The average molecular weight is 286 g/mol. The average Bonchev–Trinajstić information content (AvgIpc) is 2.88. The highest BCUT2D eigenvalue weighted by Gasteiger charge is 2.32. The summed E-state index contributed by atoms with van der Waals surface area (Å²) < 4.78 is 18.9. The van der Waals surface area contributed by atoms with Gasteiger partial charge in [-0.05, 0) is 44.0 Å². The molecule has 1 aromatic rings. The molecule has 2 nitrogen and oxygen atoms in total. The maximum Gasteiger partial charge on any atom is 0.141 e. The van der Waals surface area contributed by atoms with E-state index in [2.05, 4.69) is 12.2 Å². The first kappa shape index (κ1) is 14.8. The van der Waals surface area contributed by atoms with Crippen molar-refractivity contribution in [2.45, 2.75) is 38.3 Å². The van der Waals surface area contributed by atoms with Crippen LogP contribution < -0.4 is 5.32 Å². The lowest BCUT2D eigenvalue weighted by Crippen LogP contribution is -2.39. The van der Waals surface area contributed by atoms with Crippen molar-refractivity contribution < 1.29 is 9.13 Å². The standard InChI is InChI=1S/C15H21ClFNO/c1-3-15-11(6-7-19-15)14(18-2)9-10-4-5-13(17)12(16)8-10/h4-5,8,11,14-15,18H,3,6-7,9H2,1-2H3. The summed E-state index contributed by atoms with van der Waals surface area (Å²) in [5, 5.41) is 3.57. The molecule has 19 heavy (non-hydrogen) atoms. The van der Waals surface area contributed by atoms with E-state index >= 15 is 0 Å². The van der Waals surface area contributed by atoms with Crippen LogP contribution in [0.25, 0.3) is 0 Å². The summed E-state index contributed by atoms with van der Waals surface area (Å²) in [6, 6.07) is 5.31. The first-order chi connectivity index (χ1) is 9.15. The van der Waals surface area contributed by atoms with Gasteiger partial charge in [-0.1, -0.05) is 24.6 Å². The lowest BCUT2D eigenvalue weighted by atomic mass is 9.87. The molecule has 0 aliphatic carbocycles. The quantitative estimate of drug-likeness (QED) is 0.895. The number of rotatable bonds is 5. The van der Waals surface area contributed by atoms with Gasteiger partial charge in [0.25, 0.3) is 0 Å². The van der Waals surface area contributed by atoms with Crippen LogP contribution in [0.1, 0.15) is 25.3 Å². The zero-order chi connectivity index (χ0) is 13.8. The van der Waals surface area contributed by atoms with Gasteiger partial charge in [-0.3, -0.25) is 0 Å². The molecule has 2 rings (SSSR count). The molecule has 0 aromatic heterocycles. The fourth-order valence-electron chi connectivity index (χ4n) is 2.93. The molecule has 1 aromatic carbocycles. The molecule has 0 radical (unpaired) electrons. The maximum absolute atomic E-state index is 13.2.